The monoisotopic (exact) mass is 336 g/mol. The summed E-state index contributed by atoms with van der Waals surface area (Å²) in [4.78, 5) is 13.4. The van der Waals surface area contributed by atoms with Gasteiger partial charge in [-0.3, -0.25) is 10.1 Å². The quantitative estimate of drug-likeness (QED) is 0.690. The lowest BCUT2D eigenvalue weighted by molar-refractivity contribution is -0.120. The van der Waals surface area contributed by atoms with E-state index in [4.69, 9.17) is 0 Å². The van der Waals surface area contributed by atoms with Crippen molar-refractivity contribution in [2.45, 2.75) is 12.6 Å². The smallest absolute Gasteiger partial charge is 0.234 e. The minimum Gasteiger partial charge on any atom is -0.351 e. The topological polar surface area (TPSA) is 41.1 Å². The molecule has 4 heteroatoms. The third-order valence-corrected chi connectivity index (χ3v) is 4.70. The van der Waals surface area contributed by atoms with Gasteiger partial charge in [-0.05, 0) is 22.6 Å². The Morgan fingerprint density at radius 1 is 0.917 bits per heavy atom. The van der Waals surface area contributed by atoms with E-state index in [9.17, 15) is 4.79 Å². The van der Waals surface area contributed by atoms with Crippen LogP contribution in [0.1, 0.15) is 22.0 Å². The van der Waals surface area contributed by atoms with E-state index in [2.05, 4.69) is 34.2 Å². The molecular formula is C20H20N2OS. The zero-order chi connectivity index (χ0) is 16.6. The molecule has 0 aliphatic rings. The maximum absolute atomic E-state index is 12.2. The summed E-state index contributed by atoms with van der Waals surface area (Å²) >= 11 is 1.69. The molecule has 3 rings (SSSR count). The molecule has 0 spiro atoms. The molecule has 0 bridgehead atoms. The highest BCUT2D eigenvalue weighted by molar-refractivity contribution is 7.10. The number of nitrogens with one attached hydrogen (secondary N) is 2. The second-order valence-electron chi connectivity index (χ2n) is 5.50. The van der Waals surface area contributed by atoms with E-state index in [0.29, 0.717) is 6.54 Å². The summed E-state index contributed by atoms with van der Waals surface area (Å²) in [5.41, 5.74) is 2.26. The van der Waals surface area contributed by atoms with Crippen molar-refractivity contribution in [3.05, 3.63) is 94.2 Å². The normalized spacial score (nSPS) is 11.8. The zero-order valence-electron chi connectivity index (χ0n) is 13.3. The summed E-state index contributed by atoms with van der Waals surface area (Å²) in [5, 5.41) is 8.38. The van der Waals surface area contributed by atoms with Gasteiger partial charge in [0.05, 0.1) is 12.6 Å². The van der Waals surface area contributed by atoms with E-state index in [1.165, 1.54) is 4.88 Å². The van der Waals surface area contributed by atoms with Crippen molar-refractivity contribution in [3.8, 4) is 0 Å². The molecule has 3 aromatic rings. The molecule has 1 heterocycles. The number of thiophene rings is 1. The van der Waals surface area contributed by atoms with Gasteiger partial charge in [-0.2, -0.15) is 0 Å². The molecule has 0 fully saturated rings. The maximum atomic E-state index is 12.2. The molecule has 0 aliphatic heterocycles. The van der Waals surface area contributed by atoms with E-state index >= 15 is 0 Å². The lowest BCUT2D eigenvalue weighted by Gasteiger charge is -2.18. The van der Waals surface area contributed by atoms with Crippen LogP contribution in [0.3, 0.4) is 0 Å². The van der Waals surface area contributed by atoms with Gasteiger partial charge in [-0.15, -0.1) is 11.3 Å². The Morgan fingerprint density at radius 3 is 2.29 bits per heavy atom. The van der Waals surface area contributed by atoms with Crippen LogP contribution in [0.25, 0.3) is 0 Å². The van der Waals surface area contributed by atoms with Gasteiger partial charge in [0.15, 0.2) is 0 Å². The molecule has 0 radical (unpaired) electrons. The summed E-state index contributed by atoms with van der Waals surface area (Å²) in [6.07, 6.45) is 0. The number of hydrogen-bond donors (Lipinski definition) is 2. The molecule has 2 aromatic carbocycles. The summed E-state index contributed by atoms with van der Waals surface area (Å²) in [6.45, 7) is 0.834. The van der Waals surface area contributed by atoms with Crippen LogP contribution in [-0.4, -0.2) is 12.5 Å². The number of amides is 1. The fourth-order valence-corrected chi connectivity index (χ4v) is 3.36. The van der Waals surface area contributed by atoms with E-state index in [-0.39, 0.29) is 18.5 Å². The fraction of sp³-hybridized carbons (Fsp3) is 0.150. The summed E-state index contributed by atoms with van der Waals surface area (Å²) in [6, 6.07) is 24.3. The van der Waals surface area contributed by atoms with Crippen molar-refractivity contribution in [2.24, 2.45) is 0 Å². The lowest BCUT2D eigenvalue weighted by atomic mass is 10.1. The van der Waals surface area contributed by atoms with Crippen molar-refractivity contribution in [1.29, 1.82) is 0 Å². The molecule has 24 heavy (non-hydrogen) atoms. The molecule has 122 valence electrons. The van der Waals surface area contributed by atoms with Crippen LogP contribution >= 0.6 is 11.3 Å². The Hall–Kier alpha value is -2.43. The van der Waals surface area contributed by atoms with Gasteiger partial charge in [0.1, 0.15) is 0 Å². The molecule has 0 saturated carbocycles. The van der Waals surface area contributed by atoms with Gasteiger partial charge in [0.2, 0.25) is 5.91 Å². The first kappa shape index (κ1) is 16.4. The van der Waals surface area contributed by atoms with Gasteiger partial charge in [-0.25, -0.2) is 0 Å². The van der Waals surface area contributed by atoms with E-state index in [1.54, 1.807) is 11.3 Å². The predicted octanol–water partition coefficient (Wildman–Crippen LogP) is 3.74. The third-order valence-electron chi connectivity index (χ3n) is 3.76. The molecule has 0 saturated heterocycles. The lowest BCUT2D eigenvalue weighted by Crippen LogP contribution is -2.35. The van der Waals surface area contributed by atoms with E-state index in [0.717, 1.165) is 11.1 Å². The molecule has 3 nitrogen and oxygen atoms in total. The first-order valence-electron chi connectivity index (χ1n) is 7.95. The van der Waals surface area contributed by atoms with Crippen molar-refractivity contribution in [1.82, 2.24) is 10.6 Å². The second-order valence-corrected chi connectivity index (χ2v) is 6.48. The second kappa shape index (κ2) is 8.43. The Morgan fingerprint density at radius 2 is 1.62 bits per heavy atom. The van der Waals surface area contributed by atoms with Crippen LogP contribution in [0.5, 0.6) is 0 Å². The SMILES string of the molecule is O=C(CN[C@H](c1ccccc1)c1cccs1)NCc1ccccc1. The van der Waals surface area contributed by atoms with Crippen molar-refractivity contribution < 1.29 is 4.79 Å². The molecule has 0 unspecified atom stereocenters. The van der Waals surface area contributed by atoms with Crippen molar-refractivity contribution in [3.63, 3.8) is 0 Å². The fourth-order valence-electron chi connectivity index (χ4n) is 2.54. The van der Waals surface area contributed by atoms with Crippen LogP contribution in [0.4, 0.5) is 0 Å². The first-order valence-corrected chi connectivity index (χ1v) is 8.83. The van der Waals surface area contributed by atoms with Crippen LogP contribution in [0, 0.1) is 0 Å². The third kappa shape index (κ3) is 4.54. The Kier molecular flexibility index (Phi) is 5.77. The van der Waals surface area contributed by atoms with E-state index < -0.39 is 0 Å². The molecule has 2 N–H and O–H groups in total. The average Bonchev–Trinajstić information content (AvgIpc) is 3.16. The van der Waals surface area contributed by atoms with Crippen molar-refractivity contribution in [2.75, 3.05) is 6.54 Å². The van der Waals surface area contributed by atoms with Gasteiger partial charge in [-0.1, -0.05) is 66.7 Å². The number of hydrogen-bond acceptors (Lipinski definition) is 3. The Labute approximate surface area is 146 Å². The molecule has 1 atom stereocenters. The van der Waals surface area contributed by atoms with Gasteiger partial charge < -0.3 is 5.32 Å². The maximum Gasteiger partial charge on any atom is 0.234 e. The van der Waals surface area contributed by atoms with Crippen molar-refractivity contribution >= 4 is 17.2 Å². The molecule has 1 amide bonds. The highest BCUT2D eigenvalue weighted by Gasteiger charge is 2.15. The number of benzene rings is 2. The van der Waals surface area contributed by atoms with Crippen LogP contribution in [0.15, 0.2) is 78.2 Å². The van der Waals surface area contributed by atoms with Crippen LogP contribution < -0.4 is 10.6 Å². The minimum atomic E-state index is -0.00339. The molecular weight excluding hydrogens is 316 g/mol. The minimum absolute atomic E-state index is 0.00339. The predicted molar refractivity (Wildman–Crippen MR) is 98.9 cm³/mol. The first-order chi connectivity index (χ1) is 11.8. The van der Waals surface area contributed by atoms with E-state index in [1.807, 2.05) is 54.6 Å². The van der Waals surface area contributed by atoms with Gasteiger partial charge in [0.25, 0.3) is 0 Å². The average molecular weight is 336 g/mol. The van der Waals surface area contributed by atoms with Crippen LogP contribution in [-0.2, 0) is 11.3 Å². The summed E-state index contributed by atoms with van der Waals surface area (Å²) < 4.78 is 0. The van der Waals surface area contributed by atoms with Gasteiger partial charge in [0, 0.05) is 11.4 Å². The number of rotatable bonds is 7. The standard InChI is InChI=1S/C20H20N2OS/c23-19(21-14-16-8-3-1-4-9-16)15-22-20(18-12-7-13-24-18)17-10-5-2-6-11-17/h1-13,20,22H,14-15H2,(H,21,23)/t20-/m1/s1. The van der Waals surface area contributed by atoms with Crippen LogP contribution in [0.2, 0.25) is 0 Å². The number of carbonyl (C=O) groups is 1. The summed E-state index contributed by atoms with van der Waals surface area (Å²) in [5.74, 6) is -0.00339. The molecule has 1 aromatic heterocycles. The Bertz CT molecular complexity index is 742. The largest absolute Gasteiger partial charge is 0.351 e. The zero-order valence-corrected chi connectivity index (χ0v) is 14.1. The molecule has 0 aliphatic carbocycles. The summed E-state index contributed by atoms with van der Waals surface area (Å²) in [7, 11) is 0. The highest BCUT2D eigenvalue weighted by atomic mass is 32.1. The Balaban J connectivity index is 1.59. The number of carbonyl (C=O) groups excluding carboxylic acids is 1. The van der Waals surface area contributed by atoms with Gasteiger partial charge >= 0.3 is 0 Å². The highest BCUT2D eigenvalue weighted by Crippen LogP contribution is 2.25.